The van der Waals surface area contributed by atoms with Crippen LogP contribution >= 0.6 is 11.3 Å². The predicted octanol–water partition coefficient (Wildman–Crippen LogP) is 3.73. The maximum Gasteiger partial charge on any atom is 0.133 e. The molecule has 4 nitrogen and oxygen atoms in total. The largest absolute Gasteiger partial charge is 0.365 e. The first-order valence-corrected chi connectivity index (χ1v) is 9.41. The summed E-state index contributed by atoms with van der Waals surface area (Å²) >= 11 is 1.72. The molecule has 1 N–H and O–H groups in total. The highest BCUT2D eigenvalue weighted by Crippen LogP contribution is 2.29. The summed E-state index contributed by atoms with van der Waals surface area (Å²) < 4.78 is 8.24. The Bertz CT molecular complexity index is 782. The van der Waals surface area contributed by atoms with E-state index >= 15 is 0 Å². The monoisotopic (exact) mass is 355 g/mol. The van der Waals surface area contributed by atoms with Crippen molar-refractivity contribution in [1.29, 1.82) is 0 Å². The van der Waals surface area contributed by atoms with Crippen LogP contribution in [-0.2, 0) is 18.2 Å². The second kappa shape index (κ2) is 8.43. The molecule has 2 atom stereocenters. The number of benzene rings is 1. The lowest BCUT2D eigenvalue weighted by atomic mass is 10.0. The van der Waals surface area contributed by atoms with E-state index in [2.05, 4.69) is 59.1 Å². The van der Waals surface area contributed by atoms with Crippen molar-refractivity contribution in [2.45, 2.75) is 25.5 Å². The van der Waals surface area contributed by atoms with Crippen molar-refractivity contribution in [3.63, 3.8) is 0 Å². The van der Waals surface area contributed by atoms with Crippen molar-refractivity contribution >= 4 is 11.3 Å². The third-order valence-electron chi connectivity index (χ3n) is 4.37. The predicted molar refractivity (Wildman–Crippen MR) is 103 cm³/mol. The minimum Gasteiger partial charge on any atom is -0.365 e. The molecule has 2 unspecified atom stereocenters. The molecule has 0 fully saturated rings. The maximum atomic E-state index is 6.35. The molecule has 2 aromatic heterocycles. The zero-order valence-corrected chi connectivity index (χ0v) is 15.8. The van der Waals surface area contributed by atoms with Gasteiger partial charge in [-0.3, -0.25) is 4.68 Å². The van der Waals surface area contributed by atoms with Gasteiger partial charge in [0.25, 0.3) is 0 Å². The summed E-state index contributed by atoms with van der Waals surface area (Å²) in [6, 6.07) is 15.1. The molecule has 2 heterocycles. The zero-order chi connectivity index (χ0) is 17.6. The fourth-order valence-corrected chi connectivity index (χ4v) is 3.76. The van der Waals surface area contributed by atoms with Crippen LogP contribution < -0.4 is 5.32 Å². The van der Waals surface area contributed by atoms with Gasteiger partial charge >= 0.3 is 0 Å². The Hall–Kier alpha value is -1.95. The second-order valence-corrected chi connectivity index (χ2v) is 7.27. The molecule has 0 bridgehead atoms. The topological polar surface area (TPSA) is 39.1 Å². The second-order valence-electron chi connectivity index (χ2n) is 6.29. The van der Waals surface area contributed by atoms with Gasteiger partial charge in [0.1, 0.15) is 6.10 Å². The first-order valence-electron chi connectivity index (χ1n) is 8.53. The first-order chi connectivity index (χ1) is 12.2. The Balaban J connectivity index is 1.70. The van der Waals surface area contributed by atoms with E-state index in [1.807, 2.05) is 31.0 Å². The van der Waals surface area contributed by atoms with Gasteiger partial charge in [-0.1, -0.05) is 35.9 Å². The summed E-state index contributed by atoms with van der Waals surface area (Å²) in [5.74, 6) is 0. The first kappa shape index (κ1) is 17.9. The quantitative estimate of drug-likeness (QED) is 0.669. The molecule has 0 aliphatic rings. The van der Waals surface area contributed by atoms with Crippen molar-refractivity contribution in [3.05, 3.63) is 75.7 Å². The molecular weight excluding hydrogens is 330 g/mol. The van der Waals surface area contributed by atoms with Gasteiger partial charge in [-0.2, -0.15) is 5.10 Å². The van der Waals surface area contributed by atoms with E-state index in [1.54, 1.807) is 11.3 Å². The van der Waals surface area contributed by atoms with Crippen LogP contribution in [0.1, 0.15) is 27.8 Å². The van der Waals surface area contributed by atoms with Gasteiger partial charge in [-0.25, -0.2) is 0 Å². The Labute approximate surface area is 153 Å². The molecule has 5 heteroatoms. The Kier molecular flexibility index (Phi) is 6.02. The number of aromatic nitrogens is 2. The average Bonchev–Trinajstić information content (AvgIpc) is 3.27. The van der Waals surface area contributed by atoms with Gasteiger partial charge in [0.05, 0.1) is 12.3 Å². The lowest BCUT2D eigenvalue weighted by Gasteiger charge is -2.22. The number of hydrogen-bond acceptors (Lipinski definition) is 4. The van der Waals surface area contributed by atoms with E-state index in [4.69, 9.17) is 4.74 Å². The maximum absolute atomic E-state index is 6.35. The van der Waals surface area contributed by atoms with Gasteiger partial charge in [0.2, 0.25) is 0 Å². The number of hydrogen-bond donors (Lipinski definition) is 1. The van der Waals surface area contributed by atoms with Gasteiger partial charge in [0.15, 0.2) is 0 Å². The van der Waals surface area contributed by atoms with Crippen LogP contribution in [0.2, 0.25) is 0 Å². The van der Waals surface area contributed by atoms with E-state index in [-0.39, 0.29) is 12.1 Å². The van der Waals surface area contributed by atoms with E-state index in [9.17, 15) is 0 Å². The highest BCUT2D eigenvalue weighted by atomic mass is 32.1. The number of ether oxygens (including phenoxy) is 1. The van der Waals surface area contributed by atoms with Gasteiger partial charge in [-0.15, -0.1) is 11.3 Å². The van der Waals surface area contributed by atoms with Crippen LogP contribution in [0.5, 0.6) is 0 Å². The Morgan fingerprint density at radius 2 is 2.12 bits per heavy atom. The van der Waals surface area contributed by atoms with Crippen LogP contribution in [0.25, 0.3) is 0 Å². The SMILES string of the molecule is CNC(COC(c1cccs1)c1ccnn1C)Cc1cccc(C)c1. The molecule has 3 aromatic rings. The number of nitrogens with zero attached hydrogens (tertiary/aromatic N) is 2. The van der Waals surface area contributed by atoms with Crippen molar-refractivity contribution < 1.29 is 4.74 Å². The van der Waals surface area contributed by atoms with Gasteiger partial charge in [0, 0.05) is 24.2 Å². The average molecular weight is 356 g/mol. The summed E-state index contributed by atoms with van der Waals surface area (Å²) in [6.45, 7) is 2.77. The fourth-order valence-electron chi connectivity index (χ4n) is 2.98. The minimum atomic E-state index is -0.0825. The highest BCUT2D eigenvalue weighted by Gasteiger charge is 2.21. The molecule has 0 aliphatic carbocycles. The van der Waals surface area contributed by atoms with Crippen LogP contribution in [0.3, 0.4) is 0 Å². The lowest BCUT2D eigenvalue weighted by Crippen LogP contribution is -2.33. The molecule has 0 aliphatic heterocycles. The summed E-state index contributed by atoms with van der Waals surface area (Å²) in [6.07, 6.45) is 2.68. The molecule has 0 saturated carbocycles. The molecule has 132 valence electrons. The molecular formula is C20H25N3OS. The van der Waals surface area contributed by atoms with E-state index in [1.165, 1.54) is 16.0 Å². The van der Waals surface area contributed by atoms with Crippen molar-refractivity contribution in [1.82, 2.24) is 15.1 Å². The third-order valence-corrected chi connectivity index (χ3v) is 5.28. The molecule has 0 amide bonds. The molecule has 0 radical (unpaired) electrons. The summed E-state index contributed by atoms with van der Waals surface area (Å²) in [5, 5.41) is 9.77. The fraction of sp³-hybridized carbons (Fsp3) is 0.350. The Morgan fingerprint density at radius 3 is 2.76 bits per heavy atom. The third kappa shape index (κ3) is 4.57. The highest BCUT2D eigenvalue weighted by molar-refractivity contribution is 7.10. The van der Waals surface area contributed by atoms with Crippen LogP contribution in [0, 0.1) is 6.92 Å². The minimum absolute atomic E-state index is 0.0825. The van der Waals surface area contributed by atoms with E-state index in [0.29, 0.717) is 6.61 Å². The number of aryl methyl sites for hydroxylation is 2. The molecule has 3 rings (SSSR count). The van der Waals surface area contributed by atoms with Crippen molar-refractivity contribution in [2.75, 3.05) is 13.7 Å². The summed E-state index contributed by atoms with van der Waals surface area (Å²) in [4.78, 5) is 1.20. The van der Waals surface area contributed by atoms with Crippen LogP contribution in [-0.4, -0.2) is 29.5 Å². The number of thiophene rings is 1. The van der Waals surface area contributed by atoms with Crippen LogP contribution in [0.4, 0.5) is 0 Å². The summed E-state index contributed by atoms with van der Waals surface area (Å²) in [7, 11) is 3.95. The zero-order valence-electron chi connectivity index (χ0n) is 15.0. The summed E-state index contributed by atoms with van der Waals surface area (Å²) in [5.41, 5.74) is 3.70. The molecule has 0 spiro atoms. The van der Waals surface area contributed by atoms with E-state index in [0.717, 1.165) is 12.1 Å². The van der Waals surface area contributed by atoms with Gasteiger partial charge < -0.3 is 10.1 Å². The normalized spacial score (nSPS) is 13.7. The number of rotatable bonds is 8. The van der Waals surface area contributed by atoms with Crippen molar-refractivity contribution in [2.24, 2.45) is 7.05 Å². The standard InChI is InChI=1S/C20H25N3OS/c1-15-6-4-7-16(12-15)13-17(21-2)14-24-20(19-8-5-11-25-19)18-9-10-22-23(18)3/h4-12,17,20-21H,13-14H2,1-3H3. The van der Waals surface area contributed by atoms with Gasteiger partial charge in [-0.05, 0) is 43.5 Å². The molecule has 25 heavy (non-hydrogen) atoms. The van der Waals surface area contributed by atoms with Crippen LogP contribution in [0.15, 0.2) is 54.0 Å². The Morgan fingerprint density at radius 1 is 1.24 bits per heavy atom. The molecule has 1 aromatic carbocycles. The number of nitrogens with one attached hydrogen (secondary N) is 1. The van der Waals surface area contributed by atoms with Crippen molar-refractivity contribution in [3.8, 4) is 0 Å². The van der Waals surface area contributed by atoms with E-state index < -0.39 is 0 Å². The number of likely N-dealkylation sites (N-methyl/N-ethyl adjacent to an activating group) is 1. The molecule has 0 saturated heterocycles. The smallest absolute Gasteiger partial charge is 0.133 e. The lowest BCUT2D eigenvalue weighted by molar-refractivity contribution is 0.0610.